The molecule has 0 radical (unpaired) electrons. The van der Waals surface area contributed by atoms with Gasteiger partial charge in [0.2, 0.25) is 0 Å². The lowest BCUT2D eigenvalue weighted by molar-refractivity contribution is -0.141. The Balaban J connectivity index is 0.935. The molecule has 0 saturated carbocycles. The molecule has 0 saturated heterocycles. The molecule has 57 heavy (non-hydrogen) atoms. The van der Waals surface area contributed by atoms with Crippen molar-refractivity contribution in [3.63, 3.8) is 0 Å². The van der Waals surface area contributed by atoms with E-state index in [4.69, 9.17) is 56.8 Å². The van der Waals surface area contributed by atoms with Crippen LogP contribution in [0.2, 0.25) is 0 Å². The van der Waals surface area contributed by atoms with Crippen LogP contribution < -0.4 is 5.32 Å². The second kappa shape index (κ2) is 33.7. The second-order valence-corrected chi connectivity index (χ2v) is 12.3. The summed E-state index contributed by atoms with van der Waals surface area (Å²) in [7, 11) is 1.35. The lowest BCUT2D eigenvalue weighted by Crippen LogP contribution is -2.29. The minimum absolute atomic E-state index is 0.0328. The fourth-order valence-corrected chi connectivity index (χ4v) is 5.43. The van der Waals surface area contributed by atoms with Gasteiger partial charge in [-0.05, 0) is 22.3 Å². The molecule has 322 valence electrons. The molecule has 0 unspecified atom stereocenters. The van der Waals surface area contributed by atoms with Gasteiger partial charge in [0.1, 0.15) is 6.61 Å². The van der Waals surface area contributed by atoms with Gasteiger partial charge in [-0.2, -0.15) is 0 Å². The van der Waals surface area contributed by atoms with Crippen LogP contribution in [0.5, 0.6) is 0 Å². The Bertz CT molecular complexity index is 1260. The van der Waals surface area contributed by atoms with Crippen LogP contribution in [0, 0.1) is 0 Å². The summed E-state index contributed by atoms with van der Waals surface area (Å²) in [6.45, 7) is 10.7. The number of rotatable bonds is 38. The number of amides is 1. The molecule has 2 aromatic rings. The Morgan fingerprint density at radius 3 is 1.12 bits per heavy atom. The molecule has 16 heteroatoms. The zero-order valence-electron chi connectivity index (χ0n) is 33.5. The molecular formula is C41H63NO15. The van der Waals surface area contributed by atoms with E-state index >= 15 is 0 Å². The Labute approximate surface area is 336 Å². The third-order valence-corrected chi connectivity index (χ3v) is 8.26. The highest BCUT2D eigenvalue weighted by Crippen LogP contribution is 2.44. The summed E-state index contributed by atoms with van der Waals surface area (Å²) in [5.41, 5.74) is 4.76. The number of fused-ring (bicyclic) bond motifs is 3. The van der Waals surface area contributed by atoms with E-state index in [9.17, 15) is 9.59 Å². The smallest absolute Gasteiger partial charge is 0.407 e. The minimum atomic E-state index is -0.456. The van der Waals surface area contributed by atoms with Crippen LogP contribution in [0.25, 0.3) is 11.1 Å². The average molecular weight is 810 g/mol. The zero-order valence-corrected chi connectivity index (χ0v) is 33.5. The van der Waals surface area contributed by atoms with E-state index < -0.39 is 6.09 Å². The fraction of sp³-hybridized carbons (Fsp3) is 0.659. The average Bonchev–Trinajstić information content (AvgIpc) is 3.56. The molecule has 1 aliphatic rings. The summed E-state index contributed by atoms with van der Waals surface area (Å²) >= 11 is 0. The highest BCUT2D eigenvalue weighted by molar-refractivity contribution is 5.79. The summed E-state index contributed by atoms with van der Waals surface area (Å²) in [5, 5.41) is 2.74. The number of esters is 1. The molecule has 0 heterocycles. The van der Waals surface area contributed by atoms with E-state index in [2.05, 4.69) is 34.3 Å². The number of nitrogens with one attached hydrogen (secondary N) is 1. The van der Waals surface area contributed by atoms with Crippen molar-refractivity contribution in [3.05, 3.63) is 59.7 Å². The third kappa shape index (κ3) is 23.1. The fourth-order valence-electron chi connectivity index (χ4n) is 5.43. The van der Waals surface area contributed by atoms with E-state index in [0.29, 0.717) is 152 Å². The van der Waals surface area contributed by atoms with Gasteiger partial charge in [0.25, 0.3) is 0 Å². The van der Waals surface area contributed by atoms with E-state index in [0.717, 1.165) is 0 Å². The van der Waals surface area contributed by atoms with Gasteiger partial charge in [0.05, 0.1) is 159 Å². The maximum atomic E-state index is 12.2. The second-order valence-electron chi connectivity index (χ2n) is 12.3. The highest BCUT2D eigenvalue weighted by atomic mass is 16.6. The minimum Gasteiger partial charge on any atom is -0.469 e. The molecule has 0 spiro atoms. The number of carbonyl (C=O) groups is 2. The number of carbonyl (C=O) groups excluding carboxylic acids is 2. The van der Waals surface area contributed by atoms with E-state index in [1.54, 1.807) is 0 Å². The van der Waals surface area contributed by atoms with Gasteiger partial charge in [-0.15, -0.1) is 0 Å². The van der Waals surface area contributed by atoms with Gasteiger partial charge in [-0.3, -0.25) is 4.79 Å². The van der Waals surface area contributed by atoms with Crippen LogP contribution in [0.3, 0.4) is 0 Å². The number of hydrogen-bond acceptors (Lipinski definition) is 15. The lowest BCUT2D eigenvalue weighted by Gasteiger charge is -2.14. The SMILES string of the molecule is COC(=O)CCOCCOCCOCCOCCOCCOCCOCCOCCOCCOCCOCCNC(=O)OCC1c2ccccc2-c2ccccc21. The van der Waals surface area contributed by atoms with Gasteiger partial charge in [-0.1, -0.05) is 48.5 Å². The number of methoxy groups -OCH3 is 1. The summed E-state index contributed by atoms with van der Waals surface area (Å²) in [6.07, 6.45) is -0.217. The van der Waals surface area contributed by atoms with Crippen molar-refractivity contribution in [2.45, 2.75) is 12.3 Å². The topological polar surface area (TPSA) is 166 Å². The molecule has 0 aromatic heterocycles. The van der Waals surface area contributed by atoms with Crippen LogP contribution in [0.1, 0.15) is 23.5 Å². The normalized spacial score (nSPS) is 12.1. The molecule has 1 aliphatic carbocycles. The summed E-state index contributed by atoms with van der Waals surface area (Å²) in [6, 6.07) is 16.5. The predicted octanol–water partition coefficient (Wildman–Crippen LogP) is 3.27. The molecule has 0 aliphatic heterocycles. The van der Waals surface area contributed by atoms with Gasteiger partial charge in [0.15, 0.2) is 0 Å². The van der Waals surface area contributed by atoms with Crippen molar-refractivity contribution in [1.29, 1.82) is 0 Å². The molecule has 16 nitrogen and oxygen atoms in total. The van der Waals surface area contributed by atoms with E-state index in [1.807, 2.05) is 24.3 Å². The predicted molar refractivity (Wildman–Crippen MR) is 209 cm³/mol. The first-order chi connectivity index (χ1) is 28.2. The molecule has 0 bridgehead atoms. The highest BCUT2D eigenvalue weighted by Gasteiger charge is 2.29. The number of alkyl carbamates (subject to hydrolysis) is 1. The first kappa shape index (κ1) is 48.1. The van der Waals surface area contributed by atoms with Crippen molar-refractivity contribution in [3.8, 4) is 11.1 Å². The van der Waals surface area contributed by atoms with Crippen LogP contribution in [-0.4, -0.2) is 178 Å². The Hall–Kier alpha value is -3.26. The standard InChI is InChI=1S/C41H63NO15/c1-45-40(43)10-12-46-14-16-48-18-20-50-22-24-52-26-28-54-30-32-56-33-31-55-29-27-53-25-23-51-21-19-49-17-15-47-13-11-42-41(44)57-34-39-37-8-4-2-6-35(37)36-7-3-5-9-38(36)39/h2-9,39H,10-34H2,1H3,(H,42,44). The molecular weight excluding hydrogens is 746 g/mol. The molecule has 3 rings (SSSR count). The lowest BCUT2D eigenvalue weighted by atomic mass is 9.98. The molecule has 0 atom stereocenters. The molecule has 1 amide bonds. The third-order valence-electron chi connectivity index (χ3n) is 8.26. The number of hydrogen-bond donors (Lipinski definition) is 1. The van der Waals surface area contributed by atoms with Crippen LogP contribution in [-0.2, 0) is 66.4 Å². The Morgan fingerprint density at radius 1 is 0.456 bits per heavy atom. The van der Waals surface area contributed by atoms with Crippen molar-refractivity contribution < 1.29 is 71.2 Å². The summed E-state index contributed by atoms with van der Waals surface area (Å²) in [5.74, 6) is -0.257. The first-order valence-electron chi connectivity index (χ1n) is 19.7. The Morgan fingerprint density at radius 2 is 0.772 bits per heavy atom. The van der Waals surface area contributed by atoms with Crippen molar-refractivity contribution in [1.82, 2.24) is 5.32 Å². The quantitative estimate of drug-likeness (QED) is 0.0776. The van der Waals surface area contributed by atoms with Crippen LogP contribution >= 0.6 is 0 Å². The number of benzene rings is 2. The first-order valence-corrected chi connectivity index (χ1v) is 19.7. The summed E-state index contributed by atoms with van der Waals surface area (Å²) in [4.78, 5) is 23.2. The summed E-state index contributed by atoms with van der Waals surface area (Å²) < 4.78 is 70.1. The largest absolute Gasteiger partial charge is 0.469 e. The van der Waals surface area contributed by atoms with E-state index in [-0.39, 0.29) is 24.9 Å². The Kier molecular flexibility index (Phi) is 28.4. The van der Waals surface area contributed by atoms with Gasteiger partial charge < -0.3 is 66.9 Å². The monoisotopic (exact) mass is 809 g/mol. The maximum Gasteiger partial charge on any atom is 0.407 e. The molecule has 2 aromatic carbocycles. The van der Waals surface area contributed by atoms with Gasteiger partial charge >= 0.3 is 12.1 Å². The molecule has 1 N–H and O–H groups in total. The van der Waals surface area contributed by atoms with Crippen LogP contribution in [0.15, 0.2) is 48.5 Å². The molecule has 0 fully saturated rings. The maximum absolute atomic E-state index is 12.2. The van der Waals surface area contributed by atoms with Crippen molar-refractivity contribution in [2.75, 3.05) is 166 Å². The number of ether oxygens (including phenoxy) is 13. The van der Waals surface area contributed by atoms with E-state index in [1.165, 1.54) is 29.4 Å². The zero-order chi connectivity index (χ0) is 40.3. The van der Waals surface area contributed by atoms with Gasteiger partial charge in [-0.25, -0.2) is 4.79 Å². The van der Waals surface area contributed by atoms with Crippen molar-refractivity contribution >= 4 is 12.1 Å². The van der Waals surface area contributed by atoms with Gasteiger partial charge in [0, 0.05) is 12.5 Å². The van der Waals surface area contributed by atoms with Crippen LogP contribution in [0.4, 0.5) is 4.79 Å². The van der Waals surface area contributed by atoms with Crippen molar-refractivity contribution in [2.24, 2.45) is 0 Å².